The van der Waals surface area contributed by atoms with Gasteiger partial charge in [-0.05, 0) is 18.2 Å². The number of nitro benzene ring substituents is 1. The van der Waals surface area contributed by atoms with Gasteiger partial charge in [0.05, 0.1) is 27.4 Å². The maximum absolute atomic E-state index is 14.3. The fourth-order valence-corrected chi connectivity index (χ4v) is 2.62. The van der Waals surface area contributed by atoms with Gasteiger partial charge in [0.1, 0.15) is 11.5 Å². The highest BCUT2D eigenvalue weighted by Crippen LogP contribution is 2.21. The topological polar surface area (TPSA) is 122 Å². The molecule has 0 bridgehead atoms. The molecule has 0 amide bonds. The smallest absolute Gasteiger partial charge is 0.270 e. The molecule has 2 aromatic carbocycles. The fraction of sp³-hybridized carbons (Fsp3) is 0.0625. The molecule has 0 spiro atoms. The van der Waals surface area contributed by atoms with Crippen molar-refractivity contribution in [2.24, 2.45) is 4.99 Å². The van der Waals surface area contributed by atoms with Crippen LogP contribution in [-0.4, -0.2) is 26.7 Å². The van der Waals surface area contributed by atoms with E-state index in [2.05, 4.69) is 4.99 Å². The molecule has 26 heavy (non-hydrogen) atoms. The van der Waals surface area contributed by atoms with Gasteiger partial charge in [-0.15, -0.1) is 0 Å². The molecule has 0 unspecified atom stereocenters. The molecule has 1 aliphatic heterocycles. The second kappa shape index (κ2) is 6.69. The quantitative estimate of drug-likeness (QED) is 0.652. The van der Waals surface area contributed by atoms with E-state index in [1.165, 1.54) is 36.4 Å². The second-order valence-corrected chi connectivity index (χ2v) is 5.36. The first-order valence-electron chi connectivity index (χ1n) is 7.30. The number of hydrogen-bond acceptors (Lipinski definition) is 7. The van der Waals surface area contributed by atoms with E-state index in [4.69, 9.17) is 0 Å². The van der Waals surface area contributed by atoms with Crippen molar-refractivity contribution in [2.45, 2.75) is 0 Å². The molecule has 0 aromatic heterocycles. The van der Waals surface area contributed by atoms with E-state index in [0.717, 1.165) is 6.07 Å². The van der Waals surface area contributed by atoms with E-state index in [1.807, 2.05) is 0 Å². The van der Waals surface area contributed by atoms with Gasteiger partial charge in [0, 0.05) is 22.9 Å². The number of hydroxylamine groups is 2. The van der Waals surface area contributed by atoms with Crippen molar-refractivity contribution in [1.29, 1.82) is 0 Å². The Balaban J connectivity index is 2.43. The van der Waals surface area contributed by atoms with Crippen LogP contribution in [0, 0.1) is 26.0 Å². The van der Waals surface area contributed by atoms with Crippen LogP contribution in [0.25, 0.3) is 5.70 Å². The number of hydrogen-bond donors (Lipinski definition) is 1. The number of nitrogens with zero attached hydrogens (tertiary/aromatic N) is 4. The predicted molar refractivity (Wildman–Crippen MR) is 86.4 cm³/mol. The van der Waals surface area contributed by atoms with Crippen LogP contribution in [0.3, 0.4) is 0 Å². The van der Waals surface area contributed by atoms with Gasteiger partial charge < -0.3 is 0 Å². The Hall–Kier alpha value is -3.66. The molecule has 0 saturated carbocycles. The Labute approximate surface area is 144 Å². The Morgan fingerprint density at radius 1 is 1.19 bits per heavy atom. The minimum atomic E-state index is -0.730. The number of fused-ring (bicyclic) bond motifs is 1. The van der Waals surface area contributed by atoms with Crippen LogP contribution >= 0.6 is 0 Å². The van der Waals surface area contributed by atoms with Crippen molar-refractivity contribution in [1.82, 2.24) is 5.06 Å². The second-order valence-electron chi connectivity index (χ2n) is 5.36. The zero-order valence-corrected chi connectivity index (χ0v) is 13.1. The lowest BCUT2D eigenvalue weighted by Gasteiger charge is -2.19. The summed E-state index contributed by atoms with van der Waals surface area (Å²) in [6.07, 6.45) is 0.610. The molecule has 0 fully saturated rings. The van der Waals surface area contributed by atoms with E-state index in [0.29, 0.717) is 11.3 Å². The summed E-state index contributed by atoms with van der Waals surface area (Å²) in [7, 11) is 0. The van der Waals surface area contributed by atoms with Gasteiger partial charge in [-0.1, -0.05) is 12.1 Å². The SMILES string of the molecule is O=[N+]([O-])/C=C1/CN(O)C(c2ccccc2F)=c2cc([N+](=O)[O-])ccc2=N1. The average Bonchev–Trinajstić information content (AvgIpc) is 2.69. The summed E-state index contributed by atoms with van der Waals surface area (Å²) in [5.74, 6) is -0.666. The van der Waals surface area contributed by atoms with E-state index in [9.17, 15) is 29.8 Å². The zero-order valence-electron chi connectivity index (χ0n) is 13.1. The lowest BCUT2D eigenvalue weighted by atomic mass is 10.1. The first kappa shape index (κ1) is 17.2. The number of non-ortho nitro benzene ring substituents is 1. The van der Waals surface area contributed by atoms with Crippen LogP contribution in [-0.2, 0) is 0 Å². The van der Waals surface area contributed by atoms with Crippen molar-refractivity contribution < 1.29 is 19.4 Å². The summed E-state index contributed by atoms with van der Waals surface area (Å²) in [4.78, 5) is 24.6. The van der Waals surface area contributed by atoms with Gasteiger partial charge in [0.25, 0.3) is 11.9 Å². The zero-order chi connectivity index (χ0) is 18.8. The molecule has 1 aliphatic rings. The minimum Gasteiger partial charge on any atom is -0.288 e. The maximum atomic E-state index is 14.3. The molecule has 10 heteroatoms. The van der Waals surface area contributed by atoms with Crippen molar-refractivity contribution in [3.05, 3.63) is 96.5 Å². The molecule has 2 aromatic rings. The van der Waals surface area contributed by atoms with Crippen molar-refractivity contribution in [3.8, 4) is 0 Å². The standard InChI is InChI=1S/C16H11FN4O5/c17-14-4-2-1-3-12(14)16-13-7-11(21(25)26)5-6-15(13)18-10(8-19(16)22)9-20(23)24/h1-7,9,22H,8H2/b10-9-. The number of halogens is 1. The summed E-state index contributed by atoms with van der Waals surface area (Å²) < 4.78 is 14.3. The first-order chi connectivity index (χ1) is 12.4. The van der Waals surface area contributed by atoms with E-state index >= 15 is 0 Å². The summed E-state index contributed by atoms with van der Waals surface area (Å²) in [5.41, 5.74) is -0.478. The summed E-state index contributed by atoms with van der Waals surface area (Å²) in [5, 5.41) is 33.1. The Morgan fingerprint density at radius 2 is 1.92 bits per heavy atom. The molecule has 1 N–H and O–H groups in total. The van der Waals surface area contributed by atoms with Gasteiger partial charge >= 0.3 is 0 Å². The Kier molecular flexibility index (Phi) is 4.42. The fourth-order valence-electron chi connectivity index (χ4n) is 2.62. The first-order valence-corrected chi connectivity index (χ1v) is 7.30. The Bertz CT molecular complexity index is 1070. The normalized spacial score (nSPS) is 15.2. The third-order valence-corrected chi connectivity index (χ3v) is 3.66. The number of rotatable bonds is 3. The third-order valence-electron chi connectivity index (χ3n) is 3.66. The largest absolute Gasteiger partial charge is 0.288 e. The molecular formula is C16H11FN4O5. The van der Waals surface area contributed by atoms with Gasteiger partial charge in [0.2, 0.25) is 0 Å². The molecule has 0 saturated heterocycles. The van der Waals surface area contributed by atoms with Crippen LogP contribution in [0.2, 0.25) is 0 Å². The monoisotopic (exact) mass is 358 g/mol. The van der Waals surface area contributed by atoms with Crippen LogP contribution in [0.15, 0.2) is 59.4 Å². The highest BCUT2D eigenvalue weighted by Gasteiger charge is 2.22. The average molecular weight is 358 g/mol. The number of benzene rings is 2. The molecule has 132 valence electrons. The molecule has 3 rings (SSSR count). The molecule has 0 atom stereocenters. The number of nitro groups is 2. The van der Waals surface area contributed by atoms with E-state index in [-0.39, 0.29) is 33.2 Å². The van der Waals surface area contributed by atoms with Crippen molar-refractivity contribution in [2.75, 3.05) is 6.54 Å². The maximum Gasteiger partial charge on any atom is 0.270 e. The highest BCUT2D eigenvalue weighted by atomic mass is 19.1. The predicted octanol–water partition coefficient (Wildman–Crippen LogP) is 1.33. The van der Waals surface area contributed by atoms with Crippen LogP contribution in [0.1, 0.15) is 5.56 Å². The van der Waals surface area contributed by atoms with Crippen molar-refractivity contribution in [3.63, 3.8) is 0 Å². The van der Waals surface area contributed by atoms with Crippen LogP contribution in [0.5, 0.6) is 0 Å². The van der Waals surface area contributed by atoms with Crippen LogP contribution in [0.4, 0.5) is 10.1 Å². The third kappa shape index (κ3) is 3.26. The van der Waals surface area contributed by atoms with Gasteiger partial charge in [-0.2, -0.15) is 0 Å². The van der Waals surface area contributed by atoms with E-state index < -0.39 is 22.2 Å². The molecule has 1 heterocycles. The lowest BCUT2D eigenvalue weighted by Crippen LogP contribution is -2.32. The summed E-state index contributed by atoms with van der Waals surface area (Å²) >= 11 is 0. The lowest BCUT2D eigenvalue weighted by molar-refractivity contribution is -0.403. The summed E-state index contributed by atoms with van der Waals surface area (Å²) in [6, 6.07) is 9.15. The van der Waals surface area contributed by atoms with E-state index in [1.54, 1.807) is 0 Å². The molecular weight excluding hydrogens is 347 g/mol. The van der Waals surface area contributed by atoms with Crippen molar-refractivity contribution >= 4 is 11.4 Å². The molecule has 0 aliphatic carbocycles. The molecule has 0 radical (unpaired) electrons. The minimum absolute atomic E-state index is 0.0192. The van der Waals surface area contributed by atoms with Gasteiger partial charge in [0.15, 0.2) is 0 Å². The van der Waals surface area contributed by atoms with Crippen LogP contribution < -0.4 is 10.6 Å². The van der Waals surface area contributed by atoms with Gasteiger partial charge in [-0.3, -0.25) is 25.4 Å². The summed E-state index contributed by atoms with van der Waals surface area (Å²) in [6.45, 7) is -0.396. The van der Waals surface area contributed by atoms with Gasteiger partial charge in [-0.25, -0.2) is 14.4 Å². The molecule has 9 nitrogen and oxygen atoms in total. The Morgan fingerprint density at radius 3 is 2.58 bits per heavy atom. The highest BCUT2D eigenvalue weighted by molar-refractivity contribution is 5.65.